The summed E-state index contributed by atoms with van der Waals surface area (Å²) in [5.41, 5.74) is 2.20. The second-order valence-electron chi connectivity index (χ2n) is 6.59. The van der Waals surface area contributed by atoms with Gasteiger partial charge in [0.05, 0.1) is 0 Å². The standard InChI is InChI=1S/C20H22ClNO2/c1-13(2)18-10-11-22(14(3)23)20-9-8-17(12-19(18)20)24-16-6-4-15(21)5-7-16/h4-9,12-13,18H,10-11H2,1-3H3. The third kappa shape index (κ3) is 3.41. The molecule has 1 heterocycles. The first-order valence-corrected chi connectivity index (χ1v) is 8.69. The van der Waals surface area contributed by atoms with Gasteiger partial charge in [-0.1, -0.05) is 25.4 Å². The molecule has 1 unspecified atom stereocenters. The van der Waals surface area contributed by atoms with Crippen molar-refractivity contribution in [3.8, 4) is 11.5 Å². The van der Waals surface area contributed by atoms with Crippen LogP contribution in [0.2, 0.25) is 5.02 Å². The molecule has 0 aliphatic carbocycles. The monoisotopic (exact) mass is 343 g/mol. The smallest absolute Gasteiger partial charge is 0.223 e. The Bertz CT molecular complexity index is 740. The number of amides is 1. The summed E-state index contributed by atoms with van der Waals surface area (Å²) >= 11 is 5.92. The van der Waals surface area contributed by atoms with Crippen LogP contribution in [0.3, 0.4) is 0 Å². The zero-order valence-electron chi connectivity index (χ0n) is 14.3. The molecule has 2 aromatic carbocycles. The Balaban J connectivity index is 1.95. The molecule has 0 saturated carbocycles. The van der Waals surface area contributed by atoms with Crippen LogP contribution in [-0.2, 0) is 4.79 Å². The van der Waals surface area contributed by atoms with E-state index in [1.54, 1.807) is 6.92 Å². The van der Waals surface area contributed by atoms with Crippen LogP contribution in [0.1, 0.15) is 38.7 Å². The Morgan fingerprint density at radius 2 is 1.83 bits per heavy atom. The van der Waals surface area contributed by atoms with Gasteiger partial charge in [-0.3, -0.25) is 4.79 Å². The molecular formula is C20H22ClNO2. The molecule has 1 aliphatic rings. The van der Waals surface area contributed by atoms with Crippen LogP contribution in [0.25, 0.3) is 0 Å². The number of halogens is 1. The third-order valence-electron chi connectivity index (χ3n) is 4.59. The minimum Gasteiger partial charge on any atom is -0.457 e. The van der Waals surface area contributed by atoms with Crippen molar-refractivity contribution in [1.82, 2.24) is 0 Å². The van der Waals surface area contributed by atoms with Crippen molar-refractivity contribution in [2.24, 2.45) is 5.92 Å². The predicted molar refractivity (Wildman–Crippen MR) is 98.2 cm³/mol. The summed E-state index contributed by atoms with van der Waals surface area (Å²) in [5, 5.41) is 0.685. The first-order chi connectivity index (χ1) is 11.5. The first-order valence-electron chi connectivity index (χ1n) is 8.31. The van der Waals surface area contributed by atoms with Gasteiger partial charge in [0.1, 0.15) is 11.5 Å². The van der Waals surface area contributed by atoms with E-state index in [4.69, 9.17) is 16.3 Å². The van der Waals surface area contributed by atoms with Gasteiger partial charge in [-0.15, -0.1) is 0 Å². The molecule has 0 saturated heterocycles. The lowest BCUT2D eigenvalue weighted by atomic mass is 9.82. The normalized spacial score (nSPS) is 16.9. The number of carbonyl (C=O) groups is 1. The number of carbonyl (C=O) groups excluding carboxylic acids is 1. The number of hydrogen-bond acceptors (Lipinski definition) is 2. The van der Waals surface area contributed by atoms with E-state index in [1.165, 1.54) is 5.56 Å². The topological polar surface area (TPSA) is 29.5 Å². The highest BCUT2D eigenvalue weighted by molar-refractivity contribution is 6.30. The van der Waals surface area contributed by atoms with Gasteiger partial charge < -0.3 is 9.64 Å². The fourth-order valence-corrected chi connectivity index (χ4v) is 3.47. The quantitative estimate of drug-likeness (QED) is 0.723. The summed E-state index contributed by atoms with van der Waals surface area (Å²) < 4.78 is 5.96. The van der Waals surface area contributed by atoms with Crippen molar-refractivity contribution in [1.29, 1.82) is 0 Å². The number of anilines is 1. The molecule has 3 rings (SSSR count). The molecule has 0 bridgehead atoms. The largest absolute Gasteiger partial charge is 0.457 e. The van der Waals surface area contributed by atoms with Gasteiger partial charge in [0, 0.05) is 24.2 Å². The number of hydrogen-bond donors (Lipinski definition) is 0. The molecule has 0 fully saturated rings. The fraction of sp³-hybridized carbons (Fsp3) is 0.350. The number of nitrogens with zero attached hydrogens (tertiary/aromatic N) is 1. The molecule has 126 valence electrons. The Morgan fingerprint density at radius 1 is 1.17 bits per heavy atom. The average molecular weight is 344 g/mol. The first kappa shape index (κ1) is 16.8. The predicted octanol–water partition coefficient (Wildman–Crippen LogP) is 5.63. The van der Waals surface area contributed by atoms with Crippen LogP contribution >= 0.6 is 11.6 Å². The molecule has 0 radical (unpaired) electrons. The molecule has 24 heavy (non-hydrogen) atoms. The zero-order valence-corrected chi connectivity index (χ0v) is 15.0. The highest BCUT2D eigenvalue weighted by atomic mass is 35.5. The summed E-state index contributed by atoms with van der Waals surface area (Å²) in [7, 11) is 0. The van der Waals surface area contributed by atoms with Crippen molar-refractivity contribution < 1.29 is 9.53 Å². The van der Waals surface area contributed by atoms with E-state index < -0.39 is 0 Å². The van der Waals surface area contributed by atoms with Crippen LogP contribution in [0, 0.1) is 5.92 Å². The molecule has 0 aromatic heterocycles. The molecule has 3 nitrogen and oxygen atoms in total. The van der Waals surface area contributed by atoms with Crippen LogP contribution in [0.4, 0.5) is 5.69 Å². The molecule has 0 N–H and O–H groups in total. The second-order valence-corrected chi connectivity index (χ2v) is 7.02. The van der Waals surface area contributed by atoms with Gasteiger partial charge in [-0.05, 0) is 66.3 Å². The molecule has 0 spiro atoms. The Morgan fingerprint density at radius 3 is 2.46 bits per heavy atom. The van der Waals surface area contributed by atoms with E-state index in [1.807, 2.05) is 41.3 Å². The van der Waals surface area contributed by atoms with Gasteiger partial charge in [0.15, 0.2) is 0 Å². The van der Waals surface area contributed by atoms with E-state index in [0.717, 1.165) is 30.2 Å². The SMILES string of the molecule is CC(=O)N1CCC(C(C)C)c2cc(Oc3ccc(Cl)cc3)ccc21. The van der Waals surface area contributed by atoms with E-state index in [2.05, 4.69) is 19.9 Å². The summed E-state index contributed by atoms with van der Waals surface area (Å²) in [5.74, 6) is 2.57. The van der Waals surface area contributed by atoms with Crippen LogP contribution in [-0.4, -0.2) is 12.5 Å². The number of ether oxygens (including phenoxy) is 1. The molecule has 4 heteroatoms. The maximum Gasteiger partial charge on any atom is 0.223 e. The minimum absolute atomic E-state index is 0.0878. The summed E-state index contributed by atoms with van der Waals surface area (Å²) in [6.45, 7) is 6.86. The van der Waals surface area contributed by atoms with Gasteiger partial charge in [0.25, 0.3) is 0 Å². The molecule has 1 aliphatic heterocycles. The summed E-state index contributed by atoms with van der Waals surface area (Å²) in [6, 6.07) is 13.3. The van der Waals surface area contributed by atoms with Crippen LogP contribution < -0.4 is 9.64 Å². The minimum atomic E-state index is 0.0878. The molecule has 2 aromatic rings. The van der Waals surface area contributed by atoms with E-state index in [0.29, 0.717) is 16.9 Å². The lowest BCUT2D eigenvalue weighted by Gasteiger charge is -2.36. The average Bonchev–Trinajstić information content (AvgIpc) is 2.55. The highest BCUT2D eigenvalue weighted by Crippen LogP contribution is 2.42. The lowest BCUT2D eigenvalue weighted by molar-refractivity contribution is -0.116. The second kappa shape index (κ2) is 6.86. The number of rotatable bonds is 3. The third-order valence-corrected chi connectivity index (χ3v) is 4.84. The molecular weight excluding hydrogens is 322 g/mol. The maximum atomic E-state index is 11.9. The van der Waals surface area contributed by atoms with Crippen molar-refractivity contribution in [2.45, 2.75) is 33.1 Å². The van der Waals surface area contributed by atoms with Crippen molar-refractivity contribution in [3.05, 3.63) is 53.1 Å². The zero-order chi connectivity index (χ0) is 17.3. The highest BCUT2D eigenvalue weighted by Gasteiger charge is 2.29. The van der Waals surface area contributed by atoms with Gasteiger partial charge in [0.2, 0.25) is 5.91 Å². The van der Waals surface area contributed by atoms with Gasteiger partial charge in [-0.2, -0.15) is 0 Å². The van der Waals surface area contributed by atoms with E-state index in [9.17, 15) is 4.79 Å². The van der Waals surface area contributed by atoms with E-state index >= 15 is 0 Å². The van der Waals surface area contributed by atoms with Gasteiger partial charge >= 0.3 is 0 Å². The number of benzene rings is 2. The van der Waals surface area contributed by atoms with Crippen LogP contribution in [0.5, 0.6) is 11.5 Å². The van der Waals surface area contributed by atoms with E-state index in [-0.39, 0.29) is 5.91 Å². The van der Waals surface area contributed by atoms with Crippen molar-refractivity contribution in [2.75, 3.05) is 11.4 Å². The Labute approximate surface area is 148 Å². The number of fused-ring (bicyclic) bond motifs is 1. The Hall–Kier alpha value is -2.00. The lowest BCUT2D eigenvalue weighted by Crippen LogP contribution is -2.36. The Kier molecular flexibility index (Phi) is 4.81. The summed E-state index contributed by atoms with van der Waals surface area (Å²) in [6.07, 6.45) is 0.981. The van der Waals surface area contributed by atoms with Gasteiger partial charge in [-0.25, -0.2) is 0 Å². The van der Waals surface area contributed by atoms with Crippen molar-refractivity contribution in [3.63, 3.8) is 0 Å². The maximum absolute atomic E-state index is 11.9. The molecule has 1 atom stereocenters. The van der Waals surface area contributed by atoms with Crippen LogP contribution in [0.15, 0.2) is 42.5 Å². The summed E-state index contributed by atoms with van der Waals surface area (Å²) in [4.78, 5) is 13.8. The van der Waals surface area contributed by atoms with Crippen molar-refractivity contribution >= 4 is 23.2 Å². The molecule has 1 amide bonds. The fourth-order valence-electron chi connectivity index (χ4n) is 3.34.